The first kappa shape index (κ1) is 11.2. The summed E-state index contributed by atoms with van der Waals surface area (Å²) in [5.74, 6) is 0.965. The van der Waals surface area contributed by atoms with Crippen molar-refractivity contribution in [3.8, 4) is 0 Å². The molecule has 0 radical (unpaired) electrons. The molecule has 1 heterocycles. The molecule has 1 nitrogen and oxygen atoms in total. The third kappa shape index (κ3) is 1.76. The molecule has 1 aliphatic carbocycles. The minimum Gasteiger partial charge on any atom is -0.204 e. The zero-order valence-corrected chi connectivity index (χ0v) is 10.9. The second-order valence-electron chi connectivity index (χ2n) is 5.03. The molecule has 0 saturated heterocycles. The summed E-state index contributed by atoms with van der Waals surface area (Å²) in [6, 6.07) is 8.64. The van der Waals surface area contributed by atoms with Gasteiger partial charge >= 0.3 is 0 Å². The number of aryl methyl sites for hydroxylation is 1. The fraction of sp³-hybridized carbons (Fsp3) is 0.235. The molecule has 0 fully saturated rings. The number of rotatable bonds is 1. The zero-order chi connectivity index (χ0) is 12.5. The van der Waals surface area contributed by atoms with Crippen LogP contribution in [0.15, 0.2) is 60.8 Å². The van der Waals surface area contributed by atoms with Crippen molar-refractivity contribution in [1.29, 1.82) is 0 Å². The van der Waals surface area contributed by atoms with Crippen molar-refractivity contribution in [2.45, 2.75) is 6.92 Å². The van der Waals surface area contributed by atoms with Crippen molar-refractivity contribution < 1.29 is 4.58 Å². The van der Waals surface area contributed by atoms with Gasteiger partial charge in [0.15, 0.2) is 11.9 Å². The number of hydrogen-bond acceptors (Lipinski definition) is 0. The van der Waals surface area contributed by atoms with Crippen molar-refractivity contribution in [2.75, 3.05) is 7.05 Å². The largest absolute Gasteiger partial charge is 0.204 e. The molecule has 0 saturated carbocycles. The van der Waals surface area contributed by atoms with E-state index in [1.54, 1.807) is 0 Å². The van der Waals surface area contributed by atoms with Crippen LogP contribution in [0.4, 0.5) is 0 Å². The molecular formula is C17H18N+. The average molecular weight is 236 g/mol. The van der Waals surface area contributed by atoms with E-state index in [4.69, 9.17) is 0 Å². The molecule has 1 aliphatic heterocycles. The Morgan fingerprint density at radius 2 is 1.78 bits per heavy atom. The van der Waals surface area contributed by atoms with Crippen molar-refractivity contribution in [3.05, 3.63) is 72.0 Å². The fourth-order valence-corrected chi connectivity index (χ4v) is 2.86. The van der Waals surface area contributed by atoms with E-state index in [-0.39, 0.29) is 0 Å². The lowest BCUT2D eigenvalue weighted by atomic mass is 9.79. The molecule has 18 heavy (non-hydrogen) atoms. The van der Waals surface area contributed by atoms with Crippen molar-refractivity contribution in [3.63, 3.8) is 0 Å². The predicted octanol–water partition coefficient (Wildman–Crippen LogP) is 3.31. The molecule has 1 aromatic carbocycles. The molecule has 0 aromatic heterocycles. The van der Waals surface area contributed by atoms with E-state index in [0.717, 1.165) is 0 Å². The van der Waals surface area contributed by atoms with Crippen molar-refractivity contribution in [1.82, 2.24) is 0 Å². The van der Waals surface area contributed by atoms with Crippen LogP contribution >= 0.6 is 0 Å². The van der Waals surface area contributed by atoms with Crippen LogP contribution in [0.5, 0.6) is 0 Å². The number of allylic oxidation sites excluding steroid dienone is 5. The number of nitrogens with zero attached hydrogens (tertiary/aromatic N) is 1. The third-order valence-electron chi connectivity index (χ3n) is 3.83. The molecular weight excluding hydrogens is 218 g/mol. The van der Waals surface area contributed by atoms with E-state index >= 15 is 0 Å². The minimum absolute atomic E-state index is 0.464. The van der Waals surface area contributed by atoms with Gasteiger partial charge in [0, 0.05) is 11.5 Å². The Balaban J connectivity index is 2.14. The fourth-order valence-electron chi connectivity index (χ4n) is 2.86. The molecule has 1 heteroatoms. The summed E-state index contributed by atoms with van der Waals surface area (Å²) in [5, 5.41) is 0. The second kappa shape index (κ2) is 4.41. The number of fused-ring (bicyclic) bond motifs is 1. The lowest BCUT2D eigenvalue weighted by Crippen LogP contribution is -2.32. The molecule has 0 amide bonds. The van der Waals surface area contributed by atoms with E-state index in [0.29, 0.717) is 11.8 Å². The summed E-state index contributed by atoms with van der Waals surface area (Å²) in [7, 11) is 2.14. The summed E-state index contributed by atoms with van der Waals surface area (Å²) >= 11 is 0. The lowest BCUT2D eigenvalue weighted by Gasteiger charge is -2.24. The zero-order valence-electron chi connectivity index (χ0n) is 10.9. The molecule has 90 valence electrons. The molecule has 2 atom stereocenters. The van der Waals surface area contributed by atoms with Gasteiger partial charge in [-0.3, -0.25) is 0 Å². The Morgan fingerprint density at radius 1 is 1.00 bits per heavy atom. The number of hydrogen-bond donors (Lipinski definition) is 0. The van der Waals surface area contributed by atoms with Crippen LogP contribution < -0.4 is 0 Å². The van der Waals surface area contributed by atoms with E-state index in [1.807, 2.05) is 0 Å². The van der Waals surface area contributed by atoms with Crippen LogP contribution in [-0.2, 0) is 0 Å². The molecule has 2 aliphatic rings. The van der Waals surface area contributed by atoms with Gasteiger partial charge in [-0.05, 0) is 24.6 Å². The van der Waals surface area contributed by atoms with Gasteiger partial charge in [0.05, 0.1) is 5.92 Å². The maximum absolute atomic E-state index is 2.31. The highest BCUT2D eigenvalue weighted by molar-refractivity contribution is 6.01. The van der Waals surface area contributed by atoms with Gasteiger partial charge in [-0.1, -0.05) is 42.5 Å². The molecule has 3 rings (SSSR count). The Morgan fingerprint density at radius 3 is 2.61 bits per heavy atom. The molecule has 2 unspecified atom stereocenters. The summed E-state index contributed by atoms with van der Waals surface area (Å²) in [6.07, 6.45) is 13.4. The highest BCUT2D eigenvalue weighted by atomic mass is 15.0. The van der Waals surface area contributed by atoms with Gasteiger partial charge < -0.3 is 0 Å². The minimum atomic E-state index is 0.464. The first-order valence-corrected chi connectivity index (χ1v) is 6.46. The van der Waals surface area contributed by atoms with Crippen LogP contribution in [0.25, 0.3) is 0 Å². The Bertz CT molecular complexity index is 587. The monoisotopic (exact) mass is 236 g/mol. The maximum atomic E-state index is 2.31. The maximum Gasteiger partial charge on any atom is 0.196 e. The quantitative estimate of drug-likeness (QED) is 0.658. The van der Waals surface area contributed by atoms with E-state index in [2.05, 4.69) is 79.4 Å². The Hall–Kier alpha value is -1.89. The molecule has 1 aromatic rings. The highest BCUT2D eigenvalue weighted by Gasteiger charge is 2.32. The van der Waals surface area contributed by atoms with Gasteiger partial charge in [-0.25, -0.2) is 4.58 Å². The summed E-state index contributed by atoms with van der Waals surface area (Å²) in [4.78, 5) is 0. The smallest absolute Gasteiger partial charge is 0.196 e. The van der Waals surface area contributed by atoms with Gasteiger partial charge in [0.1, 0.15) is 7.05 Å². The van der Waals surface area contributed by atoms with Crippen molar-refractivity contribution in [2.24, 2.45) is 11.8 Å². The molecule has 0 N–H and O–H groups in total. The van der Waals surface area contributed by atoms with Crippen LogP contribution in [0.3, 0.4) is 0 Å². The normalized spacial score (nSPS) is 25.4. The van der Waals surface area contributed by atoms with Crippen LogP contribution in [-0.4, -0.2) is 17.3 Å². The van der Waals surface area contributed by atoms with Gasteiger partial charge in [-0.15, -0.1) is 0 Å². The summed E-state index contributed by atoms with van der Waals surface area (Å²) in [5.41, 5.74) is 4.11. The highest BCUT2D eigenvalue weighted by Crippen LogP contribution is 2.29. The van der Waals surface area contributed by atoms with E-state index in [1.165, 1.54) is 16.8 Å². The lowest BCUT2D eigenvalue weighted by molar-refractivity contribution is -0.426. The number of benzene rings is 1. The molecule has 0 spiro atoms. The summed E-state index contributed by atoms with van der Waals surface area (Å²) in [6.45, 7) is 2.19. The van der Waals surface area contributed by atoms with Crippen LogP contribution in [0.2, 0.25) is 0 Å². The van der Waals surface area contributed by atoms with Gasteiger partial charge in [0.2, 0.25) is 0 Å². The van der Waals surface area contributed by atoms with Gasteiger partial charge in [0.25, 0.3) is 0 Å². The SMILES string of the molecule is Cc1ccccc1C1=[N+](C)C=CC2C=CC=CC12. The first-order valence-electron chi connectivity index (χ1n) is 6.46. The Kier molecular flexibility index (Phi) is 2.75. The molecule has 0 bridgehead atoms. The van der Waals surface area contributed by atoms with E-state index < -0.39 is 0 Å². The topological polar surface area (TPSA) is 3.01 Å². The van der Waals surface area contributed by atoms with E-state index in [9.17, 15) is 0 Å². The standard InChI is InChI=1S/C17H18N/c1-13-7-3-5-9-15(13)17-16-10-6-4-8-14(16)11-12-18(17)2/h3-12,14,16H,1-2H3/q+1. The average Bonchev–Trinajstić information content (AvgIpc) is 2.40. The van der Waals surface area contributed by atoms with Crippen LogP contribution in [0.1, 0.15) is 11.1 Å². The van der Waals surface area contributed by atoms with Gasteiger partial charge in [-0.2, -0.15) is 0 Å². The first-order chi connectivity index (χ1) is 8.77. The van der Waals surface area contributed by atoms with Crippen LogP contribution in [0, 0.1) is 18.8 Å². The predicted molar refractivity (Wildman–Crippen MR) is 75.9 cm³/mol. The van der Waals surface area contributed by atoms with Crippen molar-refractivity contribution >= 4 is 5.71 Å². The second-order valence-corrected chi connectivity index (χ2v) is 5.03. The summed E-state index contributed by atoms with van der Waals surface area (Å²) < 4.78 is 2.26. The Labute approximate surface area is 108 Å². The third-order valence-corrected chi connectivity index (χ3v) is 3.83.